The summed E-state index contributed by atoms with van der Waals surface area (Å²) in [5, 5.41) is 4.93. The minimum atomic E-state index is -0.451. The summed E-state index contributed by atoms with van der Waals surface area (Å²) < 4.78 is 10.9. The zero-order chi connectivity index (χ0) is 18.1. The van der Waals surface area contributed by atoms with Crippen LogP contribution in [0.3, 0.4) is 0 Å². The van der Waals surface area contributed by atoms with E-state index in [0.29, 0.717) is 17.0 Å². The zero-order valence-electron chi connectivity index (χ0n) is 14.2. The first-order valence-corrected chi connectivity index (χ1v) is 8.36. The Hall–Kier alpha value is -3.34. The lowest BCUT2D eigenvalue weighted by Crippen LogP contribution is -2.25. The molecule has 0 saturated heterocycles. The molecule has 1 aliphatic heterocycles. The molecule has 1 heterocycles. The maximum Gasteiger partial charge on any atom is 0.338 e. The molecule has 26 heavy (non-hydrogen) atoms. The molecular weight excluding hydrogens is 330 g/mol. The Kier molecular flexibility index (Phi) is 4.05. The molecule has 0 aromatic heterocycles. The predicted octanol–water partition coefficient (Wildman–Crippen LogP) is 4.09. The van der Waals surface area contributed by atoms with E-state index in [4.69, 9.17) is 9.47 Å². The van der Waals surface area contributed by atoms with Gasteiger partial charge < -0.3 is 14.8 Å². The van der Waals surface area contributed by atoms with Crippen LogP contribution in [0.4, 0.5) is 5.69 Å². The van der Waals surface area contributed by atoms with Crippen LogP contribution in [-0.2, 0) is 9.53 Å². The van der Waals surface area contributed by atoms with Crippen LogP contribution in [0.15, 0.2) is 60.7 Å². The molecule has 0 saturated carbocycles. The van der Waals surface area contributed by atoms with Gasteiger partial charge in [0, 0.05) is 0 Å². The molecule has 1 N–H and O–H groups in total. The highest BCUT2D eigenvalue weighted by molar-refractivity contribution is 5.98. The van der Waals surface area contributed by atoms with Crippen molar-refractivity contribution in [3.05, 3.63) is 71.8 Å². The SMILES string of the molecule is C[C@H](OC(=O)c1ccc2c(c1)NC(=O)CO2)c1ccc2ccccc2c1. The number of carbonyl (C=O) groups is 2. The molecule has 1 aliphatic rings. The van der Waals surface area contributed by atoms with Crippen molar-refractivity contribution in [2.24, 2.45) is 0 Å². The summed E-state index contributed by atoms with van der Waals surface area (Å²) in [6, 6.07) is 18.9. The van der Waals surface area contributed by atoms with Gasteiger partial charge >= 0.3 is 5.97 Å². The van der Waals surface area contributed by atoms with E-state index in [1.165, 1.54) is 0 Å². The van der Waals surface area contributed by atoms with Gasteiger partial charge in [-0.15, -0.1) is 0 Å². The van der Waals surface area contributed by atoms with Crippen LogP contribution in [0.2, 0.25) is 0 Å². The van der Waals surface area contributed by atoms with Crippen LogP contribution in [0, 0.1) is 0 Å². The third-order valence-corrected chi connectivity index (χ3v) is 4.37. The molecule has 1 atom stereocenters. The van der Waals surface area contributed by atoms with E-state index < -0.39 is 12.1 Å². The van der Waals surface area contributed by atoms with E-state index >= 15 is 0 Å². The van der Waals surface area contributed by atoms with E-state index in [0.717, 1.165) is 16.3 Å². The minimum absolute atomic E-state index is 0.0181. The van der Waals surface area contributed by atoms with Crippen molar-refractivity contribution in [3.8, 4) is 5.75 Å². The van der Waals surface area contributed by atoms with Gasteiger partial charge in [0.2, 0.25) is 0 Å². The largest absolute Gasteiger partial charge is 0.482 e. The summed E-state index contributed by atoms with van der Waals surface area (Å²) >= 11 is 0. The van der Waals surface area contributed by atoms with Gasteiger partial charge in [-0.2, -0.15) is 0 Å². The minimum Gasteiger partial charge on any atom is -0.482 e. The van der Waals surface area contributed by atoms with Gasteiger partial charge in [-0.3, -0.25) is 4.79 Å². The monoisotopic (exact) mass is 347 g/mol. The molecular formula is C21H17NO4. The molecule has 1 amide bonds. The number of carbonyl (C=O) groups excluding carboxylic acids is 2. The smallest absolute Gasteiger partial charge is 0.338 e. The Morgan fingerprint density at radius 1 is 1.08 bits per heavy atom. The highest BCUT2D eigenvalue weighted by Crippen LogP contribution is 2.30. The number of anilines is 1. The number of hydrogen-bond donors (Lipinski definition) is 1. The number of benzene rings is 3. The van der Waals surface area contributed by atoms with E-state index in [1.54, 1.807) is 18.2 Å². The fourth-order valence-electron chi connectivity index (χ4n) is 2.97. The van der Waals surface area contributed by atoms with Gasteiger partial charge in [-0.25, -0.2) is 4.79 Å². The zero-order valence-corrected chi connectivity index (χ0v) is 14.2. The van der Waals surface area contributed by atoms with Crippen molar-refractivity contribution in [2.75, 3.05) is 11.9 Å². The fraction of sp³-hybridized carbons (Fsp3) is 0.143. The van der Waals surface area contributed by atoms with Crippen molar-refractivity contribution < 1.29 is 19.1 Å². The maximum absolute atomic E-state index is 12.5. The van der Waals surface area contributed by atoms with Crippen molar-refractivity contribution >= 4 is 28.3 Å². The third kappa shape index (κ3) is 3.11. The molecule has 5 heteroatoms. The van der Waals surface area contributed by atoms with Crippen LogP contribution in [0.1, 0.15) is 28.9 Å². The predicted molar refractivity (Wildman–Crippen MR) is 98.3 cm³/mol. The Labute approximate surface area is 150 Å². The second kappa shape index (κ2) is 6.52. The standard InChI is InChI=1S/C21H17NO4/c1-13(15-7-6-14-4-2-3-5-16(14)10-15)26-21(24)17-8-9-19-18(11-17)22-20(23)12-25-19/h2-11,13H,12H2,1H3,(H,22,23)/t13-/m0/s1. The van der Waals surface area contributed by atoms with Gasteiger partial charge in [0.25, 0.3) is 5.91 Å². The summed E-state index contributed by atoms with van der Waals surface area (Å²) in [6.07, 6.45) is -0.394. The molecule has 3 aromatic rings. The number of fused-ring (bicyclic) bond motifs is 2. The lowest BCUT2D eigenvalue weighted by molar-refractivity contribution is -0.118. The topological polar surface area (TPSA) is 64.6 Å². The summed E-state index contributed by atoms with van der Waals surface area (Å²) in [5.41, 5.74) is 1.77. The summed E-state index contributed by atoms with van der Waals surface area (Å²) in [4.78, 5) is 23.9. The van der Waals surface area contributed by atoms with E-state index in [9.17, 15) is 9.59 Å². The molecule has 5 nitrogen and oxygen atoms in total. The number of rotatable bonds is 3. The molecule has 0 radical (unpaired) electrons. The Balaban J connectivity index is 1.53. The van der Waals surface area contributed by atoms with E-state index in [1.807, 2.05) is 49.4 Å². The molecule has 0 bridgehead atoms. The van der Waals surface area contributed by atoms with Gasteiger partial charge in [0.1, 0.15) is 11.9 Å². The van der Waals surface area contributed by atoms with Crippen LogP contribution in [0.25, 0.3) is 10.8 Å². The number of amides is 1. The lowest BCUT2D eigenvalue weighted by atomic mass is 10.0. The summed E-state index contributed by atoms with van der Waals surface area (Å²) in [6.45, 7) is 1.82. The van der Waals surface area contributed by atoms with Crippen molar-refractivity contribution in [3.63, 3.8) is 0 Å². The van der Waals surface area contributed by atoms with Crippen LogP contribution in [-0.4, -0.2) is 18.5 Å². The van der Waals surface area contributed by atoms with Gasteiger partial charge in [0.05, 0.1) is 11.3 Å². The average Bonchev–Trinajstić information content (AvgIpc) is 2.66. The Morgan fingerprint density at radius 2 is 1.88 bits per heavy atom. The second-order valence-corrected chi connectivity index (χ2v) is 6.20. The maximum atomic E-state index is 12.5. The van der Waals surface area contributed by atoms with Crippen molar-refractivity contribution in [2.45, 2.75) is 13.0 Å². The molecule has 0 spiro atoms. The molecule has 0 fully saturated rings. The fourth-order valence-corrected chi connectivity index (χ4v) is 2.97. The number of hydrogen-bond acceptors (Lipinski definition) is 4. The normalized spacial score (nSPS) is 14.1. The lowest BCUT2D eigenvalue weighted by Gasteiger charge is -2.19. The third-order valence-electron chi connectivity index (χ3n) is 4.37. The van der Waals surface area contributed by atoms with Crippen LogP contribution in [0.5, 0.6) is 5.75 Å². The number of nitrogens with one attached hydrogen (secondary N) is 1. The average molecular weight is 347 g/mol. The van der Waals surface area contributed by atoms with E-state index in [2.05, 4.69) is 5.32 Å². The number of ether oxygens (including phenoxy) is 2. The Morgan fingerprint density at radius 3 is 2.73 bits per heavy atom. The quantitative estimate of drug-likeness (QED) is 0.725. The highest BCUT2D eigenvalue weighted by atomic mass is 16.5. The summed E-state index contributed by atoms with van der Waals surface area (Å²) in [7, 11) is 0. The first kappa shape index (κ1) is 16.1. The molecule has 0 unspecified atom stereocenters. The highest BCUT2D eigenvalue weighted by Gasteiger charge is 2.20. The van der Waals surface area contributed by atoms with Crippen molar-refractivity contribution in [1.82, 2.24) is 0 Å². The molecule has 4 rings (SSSR count). The number of esters is 1. The second-order valence-electron chi connectivity index (χ2n) is 6.20. The summed E-state index contributed by atoms with van der Waals surface area (Å²) in [5.74, 6) is -0.149. The Bertz CT molecular complexity index is 1010. The van der Waals surface area contributed by atoms with E-state index in [-0.39, 0.29) is 12.5 Å². The van der Waals surface area contributed by atoms with Gasteiger partial charge in [-0.05, 0) is 47.5 Å². The molecule has 3 aromatic carbocycles. The molecule has 130 valence electrons. The first-order chi connectivity index (χ1) is 12.6. The van der Waals surface area contributed by atoms with Gasteiger partial charge in [-0.1, -0.05) is 36.4 Å². The van der Waals surface area contributed by atoms with Crippen LogP contribution >= 0.6 is 0 Å². The van der Waals surface area contributed by atoms with Crippen molar-refractivity contribution in [1.29, 1.82) is 0 Å². The van der Waals surface area contributed by atoms with Gasteiger partial charge in [0.15, 0.2) is 6.61 Å². The first-order valence-electron chi connectivity index (χ1n) is 8.36. The molecule has 0 aliphatic carbocycles. The van der Waals surface area contributed by atoms with Crippen LogP contribution < -0.4 is 10.1 Å².